The van der Waals surface area contributed by atoms with E-state index in [1.165, 1.54) is 103 Å². The molecule has 0 amide bonds. The van der Waals surface area contributed by atoms with Crippen LogP contribution in [0.15, 0.2) is 0 Å². The molecule has 0 aliphatic heterocycles. The number of unbranched alkanes of at least 4 members (excludes halogenated alkanes) is 6. The highest BCUT2D eigenvalue weighted by molar-refractivity contribution is 4.85. The van der Waals surface area contributed by atoms with Crippen LogP contribution in [0.1, 0.15) is 104 Å². The van der Waals surface area contributed by atoms with Crippen molar-refractivity contribution < 1.29 is 0 Å². The molecule has 150 valence electrons. The Hall–Kier alpha value is -0.120. The second-order valence-corrected chi connectivity index (χ2v) is 8.12. The smallest absolute Gasteiger partial charge is 0.0694 e. The molecule has 1 aliphatic carbocycles. The number of rotatable bonds is 15. The molecule has 0 unspecified atom stereocenters. The highest BCUT2D eigenvalue weighted by Gasteiger charge is 2.28. The summed E-state index contributed by atoms with van der Waals surface area (Å²) in [4.78, 5) is 2.74. The summed E-state index contributed by atoms with van der Waals surface area (Å²) in [5.41, 5.74) is 0.117. The molecule has 1 saturated carbocycles. The Balaban J connectivity index is 2.34. The third-order valence-electron chi connectivity index (χ3n) is 6.49. The van der Waals surface area contributed by atoms with Gasteiger partial charge in [0.25, 0.3) is 0 Å². The monoisotopic (exact) mass is 353 g/mol. The average molecular weight is 354 g/mol. The van der Waals surface area contributed by atoms with Gasteiger partial charge in [-0.05, 0) is 46.3 Å². The number of hydrogen-bond donors (Lipinski definition) is 2. The Morgan fingerprint density at radius 1 is 0.800 bits per heavy atom. The molecule has 1 fully saturated rings. The van der Waals surface area contributed by atoms with Gasteiger partial charge in [-0.3, -0.25) is 0 Å². The fraction of sp³-hybridized carbons (Fsp3) is 1.00. The zero-order chi connectivity index (χ0) is 18.4. The van der Waals surface area contributed by atoms with E-state index in [1.807, 2.05) is 0 Å². The first-order valence-corrected chi connectivity index (χ1v) is 11.3. The van der Waals surface area contributed by atoms with Gasteiger partial charge in [-0.25, -0.2) is 0 Å². The summed E-state index contributed by atoms with van der Waals surface area (Å²) in [5, 5.41) is 7.24. The lowest BCUT2D eigenvalue weighted by Crippen LogP contribution is -2.56. The van der Waals surface area contributed by atoms with E-state index in [9.17, 15) is 0 Å². The van der Waals surface area contributed by atoms with E-state index < -0.39 is 0 Å². The van der Waals surface area contributed by atoms with Crippen molar-refractivity contribution in [1.82, 2.24) is 15.5 Å². The van der Waals surface area contributed by atoms with E-state index in [0.29, 0.717) is 0 Å². The quantitative estimate of drug-likeness (QED) is 0.309. The molecular formula is C22H47N3. The molecule has 0 aromatic rings. The van der Waals surface area contributed by atoms with Crippen molar-refractivity contribution in [3.05, 3.63) is 0 Å². The Morgan fingerprint density at radius 3 is 1.96 bits per heavy atom. The molecule has 0 aromatic carbocycles. The normalized spacial score (nSPS) is 16.7. The molecule has 3 nitrogen and oxygen atoms in total. The molecule has 0 radical (unpaired) electrons. The zero-order valence-corrected chi connectivity index (χ0v) is 17.8. The third kappa shape index (κ3) is 8.88. The van der Waals surface area contributed by atoms with Crippen LogP contribution in [0.5, 0.6) is 0 Å². The van der Waals surface area contributed by atoms with E-state index >= 15 is 0 Å². The molecule has 0 bridgehead atoms. The van der Waals surface area contributed by atoms with Crippen molar-refractivity contribution in [2.24, 2.45) is 0 Å². The summed E-state index contributed by atoms with van der Waals surface area (Å²) in [6, 6.07) is 0.837. The van der Waals surface area contributed by atoms with E-state index in [0.717, 1.165) is 6.04 Å². The van der Waals surface area contributed by atoms with Gasteiger partial charge in [-0.15, -0.1) is 0 Å². The minimum Gasteiger partial charge on any atom is -0.302 e. The van der Waals surface area contributed by atoms with Gasteiger partial charge < -0.3 is 15.5 Å². The maximum Gasteiger partial charge on any atom is 0.0694 e. The van der Waals surface area contributed by atoms with Gasteiger partial charge >= 0.3 is 0 Å². The van der Waals surface area contributed by atoms with Crippen LogP contribution in [0.4, 0.5) is 0 Å². The maximum absolute atomic E-state index is 3.62. The number of hydrogen-bond acceptors (Lipinski definition) is 3. The van der Waals surface area contributed by atoms with Gasteiger partial charge in [0.15, 0.2) is 0 Å². The van der Waals surface area contributed by atoms with Crippen molar-refractivity contribution in [3.63, 3.8) is 0 Å². The molecule has 0 saturated heterocycles. The highest BCUT2D eigenvalue weighted by Crippen LogP contribution is 2.24. The van der Waals surface area contributed by atoms with Gasteiger partial charge in [-0.2, -0.15) is 0 Å². The minimum atomic E-state index is 0.117. The van der Waals surface area contributed by atoms with E-state index in [4.69, 9.17) is 0 Å². The third-order valence-corrected chi connectivity index (χ3v) is 6.49. The second-order valence-electron chi connectivity index (χ2n) is 8.12. The van der Waals surface area contributed by atoms with E-state index in [1.54, 1.807) is 0 Å². The van der Waals surface area contributed by atoms with Crippen LogP contribution in [0, 0.1) is 0 Å². The average Bonchev–Trinajstić information content (AvgIpc) is 2.67. The van der Waals surface area contributed by atoms with Gasteiger partial charge in [0.2, 0.25) is 0 Å². The van der Waals surface area contributed by atoms with Gasteiger partial charge in [0.1, 0.15) is 0 Å². The van der Waals surface area contributed by atoms with Crippen LogP contribution >= 0.6 is 0 Å². The summed E-state index contributed by atoms with van der Waals surface area (Å²) >= 11 is 0. The molecule has 1 rings (SSSR count). The van der Waals surface area contributed by atoms with Crippen LogP contribution in [0.25, 0.3) is 0 Å². The molecule has 0 atom stereocenters. The molecule has 0 spiro atoms. The van der Waals surface area contributed by atoms with Crippen molar-refractivity contribution >= 4 is 0 Å². The van der Waals surface area contributed by atoms with Crippen LogP contribution in [0.2, 0.25) is 0 Å². The first-order chi connectivity index (χ1) is 12.2. The standard InChI is InChI=1S/C22H47N3/c1-5-7-8-9-10-11-15-18-22(23-3,24-4)19-20-25(6-2)21-16-13-12-14-17-21/h21,23-24H,5-20H2,1-4H3. The predicted octanol–water partition coefficient (Wildman–Crippen LogP) is 5.31. The first kappa shape index (κ1) is 22.9. The molecule has 25 heavy (non-hydrogen) atoms. The minimum absolute atomic E-state index is 0.117. The molecule has 1 aliphatic rings. The van der Waals surface area contributed by atoms with Gasteiger partial charge in [-0.1, -0.05) is 78.1 Å². The highest BCUT2D eigenvalue weighted by atomic mass is 15.2. The van der Waals surface area contributed by atoms with Crippen LogP contribution in [-0.4, -0.2) is 43.8 Å². The van der Waals surface area contributed by atoms with E-state index in [-0.39, 0.29) is 5.66 Å². The number of nitrogens with one attached hydrogen (secondary N) is 2. The van der Waals surface area contributed by atoms with Crippen LogP contribution in [0.3, 0.4) is 0 Å². The fourth-order valence-corrected chi connectivity index (χ4v) is 4.51. The van der Waals surface area contributed by atoms with Crippen molar-refractivity contribution in [2.45, 2.75) is 115 Å². The molecule has 3 heteroatoms. The topological polar surface area (TPSA) is 27.3 Å². The molecule has 0 heterocycles. The van der Waals surface area contributed by atoms with E-state index in [2.05, 4.69) is 43.5 Å². The van der Waals surface area contributed by atoms with Crippen LogP contribution in [-0.2, 0) is 0 Å². The fourth-order valence-electron chi connectivity index (χ4n) is 4.51. The Labute approximate surface area is 158 Å². The Kier molecular flexibility index (Phi) is 12.8. The summed E-state index contributed by atoms with van der Waals surface area (Å²) in [6.07, 6.45) is 19.3. The van der Waals surface area contributed by atoms with Crippen LogP contribution < -0.4 is 10.6 Å². The lowest BCUT2D eigenvalue weighted by atomic mass is 9.92. The molecular weight excluding hydrogens is 306 g/mol. The first-order valence-electron chi connectivity index (χ1n) is 11.3. The summed E-state index contributed by atoms with van der Waals surface area (Å²) < 4.78 is 0. The lowest BCUT2D eigenvalue weighted by molar-refractivity contribution is 0.131. The van der Waals surface area contributed by atoms with Crippen molar-refractivity contribution in [1.29, 1.82) is 0 Å². The molecule has 2 N–H and O–H groups in total. The summed E-state index contributed by atoms with van der Waals surface area (Å²) in [5.74, 6) is 0. The summed E-state index contributed by atoms with van der Waals surface area (Å²) in [7, 11) is 4.27. The van der Waals surface area contributed by atoms with Gasteiger partial charge in [0.05, 0.1) is 5.66 Å². The Morgan fingerprint density at radius 2 is 1.40 bits per heavy atom. The predicted molar refractivity (Wildman–Crippen MR) is 112 cm³/mol. The summed E-state index contributed by atoms with van der Waals surface area (Å²) in [6.45, 7) is 7.05. The molecule has 0 aromatic heterocycles. The maximum atomic E-state index is 3.62. The van der Waals surface area contributed by atoms with Crippen molar-refractivity contribution in [3.8, 4) is 0 Å². The largest absolute Gasteiger partial charge is 0.302 e. The number of nitrogens with zero attached hydrogens (tertiary/aromatic N) is 1. The zero-order valence-electron chi connectivity index (χ0n) is 17.8. The Bertz CT molecular complexity index is 296. The second kappa shape index (κ2) is 14.0. The van der Waals surface area contributed by atoms with Gasteiger partial charge in [0, 0.05) is 12.6 Å². The van der Waals surface area contributed by atoms with Crippen molar-refractivity contribution in [2.75, 3.05) is 27.2 Å². The lowest BCUT2D eigenvalue weighted by Gasteiger charge is -2.39. The SMILES string of the molecule is CCCCCCCCCC(CCN(CC)C1CCCCC1)(NC)NC.